The number of sulfonamides is 1. The van der Waals surface area contributed by atoms with Gasteiger partial charge in [0.25, 0.3) is 0 Å². The van der Waals surface area contributed by atoms with Crippen LogP contribution in [0.5, 0.6) is 11.8 Å². The van der Waals surface area contributed by atoms with Gasteiger partial charge < -0.3 is 4.74 Å². The molecule has 0 radical (unpaired) electrons. The van der Waals surface area contributed by atoms with E-state index in [1.165, 1.54) is 18.2 Å². The van der Waals surface area contributed by atoms with Crippen LogP contribution in [0.25, 0.3) is 0 Å². The third-order valence-corrected chi connectivity index (χ3v) is 6.61. The van der Waals surface area contributed by atoms with Crippen LogP contribution in [0.3, 0.4) is 0 Å². The first-order valence-corrected chi connectivity index (χ1v) is 11.2. The summed E-state index contributed by atoms with van der Waals surface area (Å²) < 4.78 is 35.9. The molecule has 0 saturated heterocycles. The van der Waals surface area contributed by atoms with Crippen LogP contribution >= 0.6 is 23.2 Å². The van der Waals surface area contributed by atoms with Crippen molar-refractivity contribution in [2.24, 2.45) is 0 Å². The first kappa shape index (κ1) is 21.6. The van der Waals surface area contributed by atoms with Gasteiger partial charge in [0.2, 0.25) is 10.0 Å². The number of ether oxygens (including phenoxy) is 1. The van der Waals surface area contributed by atoms with Gasteiger partial charge in [-0.15, -0.1) is 0 Å². The molecule has 1 heterocycles. The fourth-order valence-electron chi connectivity index (χ4n) is 2.88. The van der Waals surface area contributed by atoms with Crippen molar-refractivity contribution >= 4 is 33.2 Å². The number of aromatic nitrogens is 2. The summed E-state index contributed by atoms with van der Waals surface area (Å²) in [6.45, 7) is 6.23. The van der Waals surface area contributed by atoms with Crippen molar-refractivity contribution in [2.75, 3.05) is 0 Å². The molecule has 3 aromatic rings. The van der Waals surface area contributed by atoms with Crippen molar-refractivity contribution in [1.29, 1.82) is 0 Å². The zero-order valence-corrected chi connectivity index (χ0v) is 18.5. The van der Waals surface area contributed by atoms with E-state index in [-0.39, 0.29) is 9.92 Å². The first-order valence-electron chi connectivity index (χ1n) is 8.98. The van der Waals surface area contributed by atoms with E-state index in [9.17, 15) is 8.42 Å². The van der Waals surface area contributed by atoms with Crippen LogP contribution in [0.2, 0.25) is 10.0 Å². The SMILES string of the molecule is CCn1c(C(C)NS(=O)(=O)c2ccc(Cl)cc2Cl)cnc1Oc1ccc(C)cc1. The Morgan fingerprint density at radius 2 is 1.86 bits per heavy atom. The molecule has 154 valence electrons. The molecular weight excluding hydrogens is 433 g/mol. The Bertz CT molecular complexity index is 1110. The van der Waals surface area contributed by atoms with Crippen LogP contribution in [0.15, 0.2) is 53.6 Å². The lowest BCUT2D eigenvalue weighted by atomic mass is 10.2. The molecular formula is C20H21Cl2N3O3S. The summed E-state index contributed by atoms with van der Waals surface area (Å²) >= 11 is 11.9. The number of nitrogens with zero attached hydrogens (tertiary/aromatic N) is 2. The van der Waals surface area contributed by atoms with Gasteiger partial charge >= 0.3 is 6.01 Å². The molecule has 0 amide bonds. The van der Waals surface area contributed by atoms with Crippen molar-refractivity contribution in [2.45, 2.75) is 38.3 Å². The Kier molecular flexibility index (Phi) is 6.53. The van der Waals surface area contributed by atoms with E-state index in [1.54, 1.807) is 13.1 Å². The molecule has 0 bridgehead atoms. The van der Waals surface area contributed by atoms with Gasteiger partial charge in [-0.3, -0.25) is 4.57 Å². The number of rotatable bonds is 7. The van der Waals surface area contributed by atoms with Gasteiger partial charge in [0.05, 0.1) is 23.0 Å². The smallest absolute Gasteiger partial charge is 0.302 e. The largest absolute Gasteiger partial charge is 0.426 e. The minimum absolute atomic E-state index is 0.0332. The Morgan fingerprint density at radius 1 is 1.17 bits per heavy atom. The van der Waals surface area contributed by atoms with E-state index in [0.717, 1.165) is 5.56 Å². The van der Waals surface area contributed by atoms with Crippen molar-refractivity contribution in [3.63, 3.8) is 0 Å². The third kappa shape index (κ3) is 4.93. The highest BCUT2D eigenvalue weighted by molar-refractivity contribution is 7.89. The van der Waals surface area contributed by atoms with Crippen molar-refractivity contribution in [1.82, 2.24) is 14.3 Å². The normalized spacial score (nSPS) is 12.7. The van der Waals surface area contributed by atoms with Gasteiger partial charge in [-0.1, -0.05) is 40.9 Å². The second-order valence-corrected chi connectivity index (χ2v) is 9.07. The van der Waals surface area contributed by atoms with Crippen LogP contribution in [-0.4, -0.2) is 18.0 Å². The topological polar surface area (TPSA) is 73.2 Å². The average molecular weight is 454 g/mol. The van der Waals surface area contributed by atoms with Crippen LogP contribution < -0.4 is 9.46 Å². The predicted molar refractivity (Wildman–Crippen MR) is 114 cm³/mol. The molecule has 1 atom stereocenters. The predicted octanol–water partition coefficient (Wildman–Crippen LogP) is 5.35. The fraction of sp³-hybridized carbons (Fsp3) is 0.250. The summed E-state index contributed by atoms with van der Waals surface area (Å²) in [5, 5.41) is 0.425. The number of hydrogen-bond donors (Lipinski definition) is 1. The molecule has 29 heavy (non-hydrogen) atoms. The molecule has 3 rings (SSSR count). The van der Waals surface area contributed by atoms with Crippen LogP contribution in [0, 0.1) is 6.92 Å². The molecule has 0 aliphatic carbocycles. The molecule has 0 fully saturated rings. The highest BCUT2D eigenvalue weighted by atomic mass is 35.5. The molecule has 2 aromatic carbocycles. The van der Waals surface area contributed by atoms with Crippen molar-refractivity contribution < 1.29 is 13.2 Å². The number of aryl methyl sites for hydroxylation is 1. The summed E-state index contributed by atoms with van der Waals surface area (Å²) in [7, 11) is -3.86. The maximum Gasteiger partial charge on any atom is 0.302 e. The molecule has 9 heteroatoms. The Hall–Kier alpha value is -2.06. The third-order valence-electron chi connectivity index (χ3n) is 4.36. The summed E-state index contributed by atoms with van der Waals surface area (Å²) in [6, 6.07) is 11.7. The fourth-order valence-corrected chi connectivity index (χ4v) is 4.87. The lowest BCUT2D eigenvalue weighted by Gasteiger charge is -2.17. The average Bonchev–Trinajstić information content (AvgIpc) is 3.05. The van der Waals surface area contributed by atoms with E-state index in [2.05, 4.69) is 9.71 Å². The minimum atomic E-state index is -3.86. The molecule has 0 aliphatic rings. The second kappa shape index (κ2) is 8.75. The summed E-state index contributed by atoms with van der Waals surface area (Å²) in [4.78, 5) is 4.29. The number of halogens is 2. The van der Waals surface area contributed by atoms with E-state index in [0.29, 0.717) is 29.0 Å². The number of benzene rings is 2. The highest BCUT2D eigenvalue weighted by Crippen LogP contribution is 2.28. The second-order valence-electron chi connectivity index (χ2n) is 6.54. The summed E-state index contributed by atoms with van der Waals surface area (Å²) in [5.41, 5.74) is 1.80. The number of imidazole rings is 1. The summed E-state index contributed by atoms with van der Waals surface area (Å²) in [5.74, 6) is 0.656. The van der Waals surface area contributed by atoms with Gasteiger partial charge in [0.15, 0.2) is 0 Å². The van der Waals surface area contributed by atoms with Gasteiger partial charge in [-0.2, -0.15) is 0 Å². The molecule has 1 aromatic heterocycles. The van der Waals surface area contributed by atoms with Gasteiger partial charge in [-0.05, 0) is 51.1 Å². The zero-order valence-electron chi connectivity index (χ0n) is 16.2. The Labute approximate surface area is 180 Å². The minimum Gasteiger partial charge on any atom is -0.426 e. The maximum atomic E-state index is 12.8. The Morgan fingerprint density at radius 3 is 2.48 bits per heavy atom. The van der Waals surface area contributed by atoms with E-state index in [1.807, 2.05) is 42.7 Å². The van der Waals surface area contributed by atoms with E-state index < -0.39 is 16.1 Å². The van der Waals surface area contributed by atoms with Crippen LogP contribution in [-0.2, 0) is 16.6 Å². The molecule has 0 aliphatic heterocycles. The van der Waals surface area contributed by atoms with Crippen molar-refractivity contribution in [3.8, 4) is 11.8 Å². The zero-order chi connectivity index (χ0) is 21.2. The van der Waals surface area contributed by atoms with Gasteiger partial charge in [0.1, 0.15) is 10.6 Å². The van der Waals surface area contributed by atoms with E-state index >= 15 is 0 Å². The van der Waals surface area contributed by atoms with E-state index in [4.69, 9.17) is 27.9 Å². The number of nitrogens with one attached hydrogen (secondary N) is 1. The van der Waals surface area contributed by atoms with Crippen LogP contribution in [0.1, 0.15) is 31.1 Å². The molecule has 0 spiro atoms. The van der Waals surface area contributed by atoms with Crippen LogP contribution in [0.4, 0.5) is 0 Å². The maximum absolute atomic E-state index is 12.8. The quantitative estimate of drug-likeness (QED) is 0.522. The lowest BCUT2D eigenvalue weighted by Crippen LogP contribution is -2.28. The first-order chi connectivity index (χ1) is 13.7. The van der Waals surface area contributed by atoms with Crippen molar-refractivity contribution in [3.05, 3.63) is 70.0 Å². The standard InChI is InChI=1S/C20H21Cl2N3O3S/c1-4-25-18(12-23-20(25)28-16-8-5-13(2)6-9-16)14(3)24-29(26,27)19-10-7-15(21)11-17(19)22/h5-12,14,24H,4H2,1-3H3. The lowest BCUT2D eigenvalue weighted by molar-refractivity contribution is 0.408. The van der Waals surface area contributed by atoms with Gasteiger partial charge in [-0.25, -0.2) is 18.1 Å². The van der Waals surface area contributed by atoms with Gasteiger partial charge in [0, 0.05) is 11.6 Å². The number of hydrogen-bond acceptors (Lipinski definition) is 4. The molecule has 1 N–H and O–H groups in total. The summed E-state index contributed by atoms with van der Waals surface area (Å²) in [6.07, 6.45) is 1.60. The Balaban J connectivity index is 1.84. The monoisotopic (exact) mass is 453 g/mol. The molecule has 6 nitrogen and oxygen atoms in total. The molecule has 1 unspecified atom stereocenters. The highest BCUT2D eigenvalue weighted by Gasteiger charge is 2.24. The molecule has 0 saturated carbocycles.